The van der Waals surface area contributed by atoms with Crippen LogP contribution in [0, 0.1) is 5.92 Å². The quantitative estimate of drug-likeness (QED) is 0.870. The Morgan fingerprint density at radius 2 is 1.96 bits per heavy atom. The number of likely N-dealkylation sites (tertiary alicyclic amines) is 1. The first-order chi connectivity index (χ1) is 11.7. The van der Waals surface area contributed by atoms with Gasteiger partial charge in [-0.2, -0.15) is 0 Å². The Hall–Kier alpha value is -2.47. The van der Waals surface area contributed by atoms with E-state index in [1.165, 1.54) is 11.3 Å². The molecule has 24 heavy (non-hydrogen) atoms. The average molecular weight is 341 g/mol. The first-order valence-corrected chi connectivity index (χ1v) is 8.83. The van der Waals surface area contributed by atoms with E-state index in [-0.39, 0.29) is 17.7 Å². The van der Waals surface area contributed by atoms with Crippen molar-refractivity contribution in [1.29, 1.82) is 0 Å². The van der Waals surface area contributed by atoms with Crippen LogP contribution in [0.5, 0.6) is 0 Å². The number of aromatic nitrogens is 1. The molecule has 1 aliphatic rings. The molecule has 6 heteroatoms. The molecule has 1 aromatic heterocycles. The van der Waals surface area contributed by atoms with Crippen molar-refractivity contribution >= 4 is 34.4 Å². The van der Waals surface area contributed by atoms with Gasteiger partial charge < -0.3 is 10.2 Å². The number of thiazole rings is 1. The summed E-state index contributed by atoms with van der Waals surface area (Å²) in [6, 6.07) is 9.74. The Bertz CT molecular complexity index is 705. The Morgan fingerprint density at radius 3 is 2.62 bits per heavy atom. The Morgan fingerprint density at radius 1 is 1.21 bits per heavy atom. The fourth-order valence-corrected chi connectivity index (χ4v) is 3.22. The molecule has 2 aromatic rings. The molecule has 3 rings (SSSR count). The van der Waals surface area contributed by atoms with Crippen molar-refractivity contribution < 1.29 is 9.59 Å². The number of nitrogens with one attached hydrogen (secondary N) is 1. The first kappa shape index (κ1) is 16.4. The molecule has 0 bridgehead atoms. The van der Waals surface area contributed by atoms with Crippen LogP contribution in [0.15, 0.2) is 48.0 Å². The zero-order valence-corrected chi connectivity index (χ0v) is 14.0. The van der Waals surface area contributed by atoms with Gasteiger partial charge in [-0.3, -0.25) is 9.59 Å². The molecule has 5 nitrogen and oxygen atoms in total. The molecule has 1 aromatic carbocycles. The number of nitrogens with zero attached hydrogens (tertiary/aromatic N) is 2. The molecule has 0 radical (unpaired) electrons. The number of anilines is 1. The number of amides is 2. The van der Waals surface area contributed by atoms with Gasteiger partial charge in [0.1, 0.15) is 0 Å². The van der Waals surface area contributed by atoms with E-state index in [1.54, 1.807) is 17.2 Å². The van der Waals surface area contributed by atoms with Crippen LogP contribution in [-0.2, 0) is 9.59 Å². The standard InChI is InChI=1S/C18H19N3O2S/c22-16(7-6-14-4-2-1-3-5-14)21-11-8-15(9-12-21)17(23)20-18-19-10-13-24-18/h1-7,10,13,15H,8-9,11-12H2,(H,19,20,23)/b7-6+. The molecular formula is C18H19N3O2S. The summed E-state index contributed by atoms with van der Waals surface area (Å²) in [5.74, 6) is -0.0643. The van der Waals surface area contributed by atoms with Crippen LogP contribution in [0.1, 0.15) is 18.4 Å². The van der Waals surface area contributed by atoms with Crippen LogP contribution in [-0.4, -0.2) is 34.8 Å². The van der Waals surface area contributed by atoms with Crippen molar-refractivity contribution in [1.82, 2.24) is 9.88 Å². The van der Waals surface area contributed by atoms with E-state index < -0.39 is 0 Å². The Kier molecular flexibility index (Phi) is 5.38. The van der Waals surface area contributed by atoms with Crippen LogP contribution < -0.4 is 5.32 Å². The van der Waals surface area contributed by atoms with Crippen molar-refractivity contribution in [3.63, 3.8) is 0 Å². The summed E-state index contributed by atoms with van der Waals surface area (Å²) in [4.78, 5) is 30.3. The fraction of sp³-hybridized carbons (Fsp3) is 0.278. The van der Waals surface area contributed by atoms with Gasteiger partial charge in [0.2, 0.25) is 11.8 Å². The highest BCUT2D eigenvalue weighted by Gasteiger charge is 2.26. The minimum absolute atomic E-state index is 0.00219. The van der Waals surface area contributed by atoms with E-state index in [0.29, 0.717) is 31.1 Å². The molecule has 0 unspecified atom stereocenters. The highest BCUT2D eigenvalue weighted by Crippen LogP contribution is 2.20. The molecular weight excluding hydrogens is 322 g/mol. The molecule has 0 aliphatic carbocycles. The second-order valence-electron chi connectivity index (χ2n) is 5.67. The normalized spacial score (nSPS) is 15.6. The van der Waals surface area contributed by atoms with Gasteiger partial charge in [0.15, 0.2) is 5.13 Å². The summed E-state index contributed by atoms with van der Waals surface area (Å²) in [6.07, 6.45) is 6.46. The topological polar surface area (TPSA) is 62.3 Å². The molecule has 1 N–H and O–H groups in total. The highest BCUT2D eigenvalue weighted by molar-refractivity contribution is 7.13. The minimum atomic E-state index is -0.0592. The number of benzene rings is 1. The summed E-state index contributed by atoms with van der Waals surface area (Å²) in [5, 5.41) is 5.29. The van der Waals surface area contributed by atoms with Gasteiger partial charge in [0.05, 0.1) is 0 Å². The number of hydrogen-bond acceptors (Lipinski definition) is 4. The summed E-state index contributed by atoms with van der Waals surface area (Å²) >= 11 is 1.41. The largest absolute Gasteiger partial charge is 0.339 e. The van der Waals surface area contributed by atoms with Gasteiger partial charge in [-0.05, 0) is 24.5 Å². The lowest BCUT2D eigenvalue weighted by atomic mass is 9.96. The molecule has 124 valence electrons. The SMILES string of the molecule is O=C(Nc1nccs1)C1CCN(C(=O)/C=C/c2ccccc2)CC1. The lowest BCUT2D eigenvalue weighted by Crippen LogP contribution is -2.40. The Labute approximate surface area is 145 Å². The maximum Gasteiger partial charge on any atom is 0.246 e. The van der Waals surface area contributed by atoms with Crippen LogP contribution in [0.4, 0.5) is 5.13 Å². The molecule has 2 heterocycles. The van der Waals surface area contributed by atoms with E-state index in [2.05, 4.69) is 10.3 Å². The van der Waals surface area contributed by atoms with E-state index in [9.17, 15) is 9.59 Å². The van der Waals surface area contributed by atoms with E-state index >= 15 is 0 Å². The molecule has 2 amide bonds. The minimum Gasteiger partial charge on any atom is -0.339 e. The summed E-state index contributed by atoms with van der Waals surface area (Å²) < 4.78 is 0. The maximum absolute atomic E-state index is 12.2. The lowest BCUT2D eigenvalue weighted by molar-refractivity contribution is -0.130. The molecule has 1 aliphatic heterocycles. The summed E-state index contributed by atoms with van der Waals surface area (Å²) in [7, 11) is 0. The van der Waals surface area contributed by atoms with Crippen LogP contribution in [0.25, 0.3) is 6.08 Å². The predicted molar refractivity (Wildman–Crippen MR) is 95.5 cm³/mol. The van der Waals surface area contributed by atoms with Gasteiger partial charge in [0.25, 0.3) is 0 Å². The van der Waals surface area contributed by atoms with Crippen molar-refractivity contribution in [2.75, 3.05) is 18.4 Å². The van der Waals surface area contributed by atoms with Gasteiger partial charge in [-0.1, -0.05) is 30.3 Å². The lowest BCUT2D eigenvalue weighted by Gasteiger charge is -2.30. The van der Waals surface area contributed by atoms with E-state index in [4.69, 9.17) is 0 Å². The highest BCUT2D eigenvalue weighted by atomic mass is 32.1. The summed E-state index contributed by atoms with van der Waals surface area (Å²) in [5.41, 5.74) is 1.00. The predicted octanol–water partition coefficient (Wildman–Crippen LogP) is 3.03. The molecule has 0 atom stereocenters. The second-order valence-corrected chi connectivity index (χ2v) is 6.56. The van der Waals surface area contributed by atoms with Gasteiger partial charge in [0, 0.05) is 36.7 Å². The molecule has 0 spiro atoms. The van der Waals surface area contributed by atoms with Gasteiger partial charge >= 0.3 is 0 Å². The van der Waals surface area contributed by atoms with Gasteiger partial charge in [-0.15, -0.1) is 11.3 Å². The summed E-state index contributed by atoms with van der Waals surface area (Å²) in [6.45, 7) is 1.21. The Balaban J connectivity index is 1.48. The van der Waals surface area contributed by atoms with Crippen LogP contribution in [0.3, 0.4) is 0 Å². The third-order valence-corrected chi connectivity index (χ3v) is 4.75. The third-order valence-electron chi connectivity index (χ3n) is 4.06. The number of piperidine rings is 1. The molecule has 0 saturated carbocycles. The van der Waals surface area contributed by atoms with E-state index in [1.807, 2.05) is 41.8 Å². The number of carbonyl (C=O) groups excluding carboxylic acids is 2. The van der Waals surface area contributed by atoms with Crippen molar-refractivity contribution in [3.05, 3.63) is 53.5 Å². The number of rotatable bonds is 4. The molecule has 1 saturated heterocycles. The van der Waals surface area contributed by atoms with Crippen molar-refractivity contribution in [2.24, 2.45) is 5.92 Å². The number of carbonyl (C=O) groups is 2. The zero-order chi connectivity index (χ0) is 16.8. The molecule has 1 fully saturated rings. The monoisotopic (exact) mass is 341 g/mol. The fourth-order valence-electron chi connectivity index (χ4n) is 2.69. The second kappa shape index (κ2) is 7.88. The van der Waals surface area contributed by atoms with Crippen LogP contribution >= 0.6 is 11.3 Å². The van der Waals surface area contributed by atoms with Crippen LogP contribution in [0.2, 0.25) is 0 Å². The maximum atomic E-state index is 12.2. The van der Waals surface area contributed by atoms with Crippen molar-refractivity contribution in [3.8, 4) is 0 Å². The van der Waals surface area contributed by atoms with Crippen molar-refractivity contribution in [2.45, 2.75) is 12.8 Å². The smallest absolute Gasteiger partial charge is 0.246 e. The zero-order valence-electron chi connectivity index (χ0n) is 13.2. The first-order valence-electron chi connectivity index (χ1n) is 7.95. The van der Waals surface area contributed by atoms with E-state index in [0.717, 1.165) is 5.56 Å². The average Bonchev–Trinajstić information content (AvgIpc) is 3.13. The van der Waals surface area contributed by atoms with Gasteiger partial charge in [-0.25, -0.2) is 4.98 Å². The third kappa shape index (κ3) is 4.29. The number of hydrogen-bond donors (Lipinski definition) is 1.